The number of rotatable bonds is 1. The third-order valence-corrected chi connectivity index (χ3v) is 2.98. The lowest BCUT2D eigenvalue weighted by Crippen LogP contribution is -1.94. The number of Topliss-reactive ketones (excluding diaryl/α,β-unsaturated/α-hetero) is 1. The quantitative estimate of drug-likeness (QED) is 0.667. The number of hydrogen-bond donors (Lipinski definition) is 0. The Morgan fingerprint density at radius 3 is 2.40 bits per heavy atom. The summed E-state index contributed by atoms with van der Waals surface area (Å²) < 4.78 is 12.7. The van der Waals surface area contributed by atoms with Gasteiger partial charge in [0.25, 0.3) is 0 Å². The van der Waals surface area contributed by atoms with Gasteiger partial charge in [-0.05, 0) is 30.5 Å². The Labute approximate surface area is 92.6 Å². The van der Waals surface area contributed by atoms with Crippen LogP contribution in [0.2, 0.25) is 0 Å². The van der Waals surface area contributed by atoms with Crippen LogP contribution in [-0.4, -0.2) is 5.78 Å². The summed E-state index contributed by atoms with van der Waals surface area (Å²) in [6.45, 7) is 0. The van der Waals surface area contributed by atoms with Crippen molar-refractivity contribution in [2.45, 2.75) is 19.3 Å². The van der Waals surface area contributed by atoms with E-state index in [9.17, 15) is 9.18 Å². The molecule has 1 saturated carbocycles. The molecular formula is C12H10ClFO. The fourth-order valence-corrected chi connectivity index (χ4v) is 2.04. The minimum absolute atomic E-state index is 0.115. The smallest absolute Gasteiger partial charge is 0.160 e. The summed E-state index contributed by atoms with van der Waals surface area (Å²) in [5, 5.41) is 0.470. The first-order valence-corrected chi connectivity index (χ1v) is 5.24. The maximum atomic E-state index is 12.7. The van der Waals surface area contributed by atoms with Crippen LogP contribution >= 0.6 is 11.6 Å². The number of allylic oxidation sites excluding steroid dienone is 1. The van der Waals surface area contributed by atoms with Crippen molar-refractivity contribution in [3.05, 3.63) is 41.2 Å². The van der Waals surface area contributed by atoms with Gasteiger partial charge in [0.05, 0.1) is 5.03 Å². The fourth-order valence-electron chi connectivity index (χ4n) is 1.72. The summed E-state index contributed by atoms with van der Waals surface area (Å²) in [6.07, 6.45) is 2.17. The number of benzene rings is 1. The maximum Gasteiger partial charge on any atom is 0.160 e. The zero-order valence-corrected chi connectivity index (χ0v) is 8.85. The van der Waals surface area contributed by atoms with Gasteiger partial charge in [-0.15, -0.1) is 0 Å². The second kappa shape index (κ2) is 4.15. The third-order valence-electron chi connectivity index (χ3n) is 2.53. The van der Waals surface area contributed by atoms with E-state index in [-0.39, 0.29) is 11.6 Å². The molecule has 0 N–H and O–H groups in total. The molecule has 0 saturated heterocycles. The summed E-state index contributed by atoms with van der Waals surface area (Å²) >= 11 is 6.10. The number of carbonyl (C=O) groups is 1. The van der Waals surface area contributed by atoms with E-state index in [0.29, 0.717) is 22.6 Å². The van der Waals surface area contributed by atoms with Crippen molar-refractivity contribution in [2.75, 3.05) is 0 Å². The molecule has 0 aromatic heterocycles. The first-order valence-electron chi connectivity index (χ1n) is 4.86. The van der Waals surface area contributed by atoms with Crippen LogP contribution in [0.15, 0.2) is 29.8 Å². The third kappa shape index (κ3) is 2.10. The number of halogens is 2. The van der Waals surface area contributed by atoms with E-state index >= 15 is 0 Å². The summed E-state index contributed by atoms with van der Waals surface area (Å²) in [5.41, 5.74) is 1.39. The SMILES string of the molecule is O=C1CCC/C1=C(\Cl)c1ccc(F)cc1. The van der Waals surface area contributed by atoms with Gasteiger partial charge >= 0.3 is 0 Å². The zero-order valence-electron chi connectivity index (χ0n) is 8.09. The van der Waals surface area contributed by atoms with E-state index in [4.69, 9.17) is 11.6 Å². The Balaban J connectivity index is 2.38. The Hall–Kier alpha value is -1.15. The Kier molecular flexibility index (Phi) is 2.87. The second-order valence-electron chi connectivity index (χ2n) is 3.58. The average Bonchev–Trinajstić information content (AvgIpc) is 2.65. The fraction of sp³-hybridized carbons (Fsp3) is 0.250. The highest BCUT2D eigenvalue weighted by Crippen LogP contribution is 2.31. The molecule has 1 fully saturated rings. The normalized spacial score (nSPS) is 19.5. The number of ketones is 1. The highest BCUT2D eigenvalue weighted by Gasteiger charge is 2.20. The minimum atomic E-state index is -0.300. The van der Waals surface area contributed by atoms with Crippen molar-refractivity contribution >= 4 is 22.4 Å². The molecule has 1 aromatic rings. The van der Waals surface area contributed by atoms with E-state index in [2.05, 4.69) is 0 Å². The van der Waals surface area contributed by atoms with Crippen LogP contribution in [0.5, 0.6) is 0 Å². The summed E-state index contributed by atoms with van der Waals surface area (Å²) in [5.74, 6) is -0.185. The Morgan fingerprint density at radius 1 is 1.20 bits per heavy atom. The van der Waals surface area contributed by atoms with E-state index in [0.717, 1.165) is 12.8 Å². The van der Waals surface area contributed by atoms with Crippen LogP contribution < -0.4 is 0 Å². The second-order valence-corrected chi connectivity index (χ2v) is 3.95. The van der Waals surface area contributed by atoms with Gasteiger partial charge in [0, 0.05) is 12.0 Å². The minimum Gasteiger partial charge on any atom is -0.294 e. The molecule has 15 heavy (non-hydrogen) atoms. The van der Waals surface area contributed by atoms with Crippen LogP contribution in [0.25, 0.3) is 5.03 Å². The van der Waals surface area contributed by atoms with E-state index in [1.807, 2.05) is 0 Å². The topological polar surface area (TPSA) is 17.1 Å². The summed E-state index contributed by atoms with van der Waals surface area (Å²) in [4.78, 5) is 11.4. The van der Waals surface area contributed by atoms with Gasteiger partial charge in [0.15, 0.2) is 5.78 Å². The van der Waals surface area contributed by atoms with Crippen LogP contribution in [0.4, 0.5) is 4.39 Å². The summed E-state index contributed by atoms with van der Waals surface area (Å²) in [6, 6.07) is 5.88. The van der Waals surface area contributed by atoms with Crippen molar-refractivity contribution in [3.8, 4) is 0 Å². The van der Waals surface area contributed by atoms with Crippen LogP contribution in [-0.2, 0) is 4.79 Å². The van der Waals surface area contributed by atoms with Crippen molar-refractivity contribution in [2.24, 2.45) is 0 Å². The lowest BCUT2D eigenvalue weighted by atomic mass is 10.1. The van der Waals surface area contributed by atoms with Gasteiger partial charge in [-0.25, -0.2) is 4.39 Å². The van der Waals surface area contributed by atoms with E-state index in [1.165, 1.54) is 12.1 Å². The van der Waals surface area contributed by atoms with Crippen molar-refractivity contribution in [1.29, 1.82) is 0 Å². The average molecular weight is 225 g/mol. The Morgan fingerprint density at radius 2 is 1.87 bits per heavy atom. The predicted octanol–water partition coefficient (Wildman–Crippen LogP) is 3.53. The molecule has 1 nitrogen and oxygen atoms in total. The van der Waals surface area contributed by atoms with Gasteiger partial charge < -0.3 is 0 Å². The molecule has 3 heteroatoms. The molecule has 0 unspecified atom stereocenters. The molecular weight excluding hydrogens is 215 g/mol. The molecule has 0 aliphatic heterocycles. The lowest BCUT2D eigenvalue weighted by molar-refractivity contribution is -0.114. The highest BCUT2D eigenvalue weighted by molar-refractivity contribution is 6.51. The molecule has 0 radical (unpaired) electrons. The predicted molar refractivity (Wildman–Crippen MR) is 58.0 cm³/mol. The number of carbonyl (C=O) groups excluding carboxylic acids is 1. The standard InChI is InChI=1S/C12H10ClFO/c13-12(10-2-1-3-11(10)15)8-4-6-9(14)7-5-8/h4-7H,1-3H2/b12-10+. The largest absolute Gasteiger partial charge is 0.294 e. The monoisotopic (exact) mass is 224 g/mol. The van der Waals surface area contributed by atoms with E-state index < -0.39 is 0 Å². The van der Waals surface area contributed by atoms with Gasteiger partial charge in [0.2, 0.25) is 0 Å². The first kappa shape index (κ1) is 10.4. The molecule has 0 bridgehead atoms. The van der Waals surface area contributed by atoms with Crippen molar-refractivity contribution < 1.29 is 9.18 Å². The Bertz CT molecular complexity index is 420. The van der Waals surface area contributed by atoms with Crippen LogP contribution in [0.3, 0.4) is 0 Å². The van der Waals surface area contributed by atoms with Gasteiger partial charge in [-0.3, -0.25) is 4.79 Å². The molecule has 78 valence electrons. The van der Waals surface area contributed by atoms with Gasteiger partial charge in [0.1, 0.15) is 5.82 Å². The maximum absolute atomic E-state index is 12.7. The van der Waals surface area contributed by atoms with E-state index in [1.54, 1.807) is 12.1 Å². The molecule has 0 atom stereocenters. The van der Waals surface area contributed by atoms with Gasteiger partial charge in [-0.2, -0.15) is 0 Å². The van der Waals surface area contributed by atoms with Crippen LogP contribution in [0.1, 0.15) is 24.8 Å². The highest BCUT2D eigenvalue weighted by atomic mass is 35.5. The van der Waals surface area contributed by atoms with Gasteiger partial charge in [-0.1, -0.05) is 23.7 Å². The van der Waals surface area contributed by atoms with Crippen molar-refractivity contribution in [1.82, 2.24) is 0 Å². The zero-order chi connectivity index (χ0) is 10.8. The molecule has 2 rings (SSSR count). The molecule has 1 aliphatic carbocycles. The molecule has 0 heterocycles. The van der Waals surface area contributed by atoms with Crippen LogP contribution in [0, 0.1) is 5.82 Å². The first-order chi connectivity index (χ1) is 7.18. The summed E-state index contributed by atoms with van der Waals surface area (Å²) in [7, 11) is 0. The number of hydrogen-bond acceptors (Lipinski definition) is 1. The lowest BCUT2D eigenvalue weighted by Gasteiger charge is -2.02. The molecule has 1 aromatic carbocycles. The molecule has 0 amide bonds. The van der Waals surface area contributed by atoms with Crippen molar-refractivity contribution in [3.63, 3.8) is 0 Å². The molecule has 1 aliphatic rings. The molecule has 0 spiro atoms.